The van der Waals surface area contributed by atoms with E-state index in [1.165, 1.54) is 61.1 Å². The fraction of sp³-hybridized carbons (Fsp3) is 0.157. The fourth-order valence-electron chi connectivity index (χ4n) is 11.1. The van der Waals surface area contributed by atoms with Gasteiger partial charge in [-0.1, -0.05) is 200 Å². The molecule has 11 aromatic rings. The molecule has 3 heterocycles. The normalized spacial score (nSPS) is 12.9. The third-order valence-corrected chi connectivity index (χ3v) is 15.7. The Hall–Kier alpha value is -8.67. The van der Waals surface area contributed by atoms with Gasteiger partial charge in [0.1, 0.15) is 24.0 Å². The van der Waals surface area contributed by atoms with E-state index in [1.807, 2.05) is 6.20 Å². The van der Waals surface area contributed by atoms with Crippen molar-refractivity contribution in [1.82, 2.24) is 9.55 Å². The van der Waals surface area contributed by atoms with Crippen molar-refractivity contribution in [2.24, 2.45) is 0 Å². The van der Waals surface area contributed by atoms with Gasteiger partial charge in [0.05, 0.1) is 22.4 Å². The second kappa shape index (κ2) is 18.7. The molecular weight excluding hydrogens is 913 g/mol. The molecule has 5 nitrogen and oxygen atoms in total. The first-order valence-electron chi connectivity index (χ1n) is 26.2. The zero-order chi connectivity index (χ0) is 51.5. The van der Waals surface area contributed by atoms with E-state index in [4.69, 9.17) is 9.72 Å². The Bertz CT molecular complexity index is 3870. The van der Waals surface area contributed by atoms with Crippen LogP contribution in [-0.4, -0.2) is 16.2 Å². The molecule has 0 atom stereocenters. The number of para-hydroxylation sites is 1. The van der Waals surface area contributed by atoms with E-state index in [0.29, 0.717) is 6.67 Å². The zero-order valence-corrected chi connectivity index (χ0v) is 43.9. The molecule has 0 radical (unpaired) electrons. The molecule has 0 aliphatic carbocycles. The second-order valence-electron chi connectivity index (χ2n) is 22.2. The molecule has 1 aliphatic rings. The molecule has 9 aromatic carbocycles. The van der Waals surface area contributed by atoms with Crippen LogP contribution < -0.4 is 14.5 Å². The van der Waals surface area contributed by atoms with Gasteiger partial charge in [-0.25, -0.2) is 4.98 Å². The van der Waals surface area contributed by atoms with Crippen molar-refractivity contribution in [2.45, 2.75) is 64.7 Å². The summed E-state index contributed by atoms with van der Waals surface area (Å²) in [5.74, 6) is 2.37. The Kier molecular flexibility index (Phi) is 11.8. The lowest BCUT2D eigenvalue weighted by Gasteiger charge is -2.27. The van der Waals surface area contributed by atoms with Crippen molar-refractivity contribution < 1.29 is 4.74 Å². The van der Waals surface area contributed by atoms with Gasteiger partial charge < -0.3 is 14.5 Å². The molecule has 0 spiro atoms. The quantitative estimate of drug-likeness (QED) is 0.129. The smallest absolute Gasteiger partial charge is 0.137 e. The van der Waals surface area contributed by atoms with Gasteiger partial charge in [-0.05, 0) is 117 Å². The number of aromatic nitrogens is 2. The van der Waals surface area contributed by atoms with Crippen LogP contribution in [0.2, 0.25) is 0 Å². The number of pyridine rings is 1. The number of anilines is 4. The SMILES string of the molecule is CC(C)(C)c1cc(-c2ccccc2)cc(N2CN(c3cccc(Oc4ccc5c6cc(C(C)(C)c7ccccc7)ccc6n(-c6cc(C(C)(C)c7ccccc7)ccn6)c5c4)c3)c3cccc(-c4ccccc4)c32)c1. The standard InChI is InChI=1S/C70H62N4O/c1-68(2,3)55-40-50(48-22-12-8-13-23-48)41-57(42-55)73-47-72(64-33-21-32-60(67(64)73)49-24-14-9-15-25-49)56-30-20-31-58(45-56)75-59-35-36-61-62-43-53(69(4,5)51-26-16-10-17-27-51)34-37-63(62)74(65(61)46-59)66-44-54(38-39-71-66)70(6,7)52-28-18-11-19-29-52/h8-46H,47H2,1-7H3. The van der Waals surface area contributed by atoms with E-state index in [1.54, 1.807) is 0 Å². The first-order valence-corrected chi connectivity index (χ1v) is 26.2. The number of benzene rings is 9. The van der Waals surface area contributed by atoms with Gasteiger partial charge in [0, 0.05) is 56.9 Å². The second-order valence-corrected chi connectivity index (χ2v) is 22.2. The lowest BCUT2D eigenvalue weighted by molar-refractivity contribution is 0.483. The van der Waals surface area contributed by atoms with Crippen LogP contribution in [0.3, 0.4) is 0 Å². The average Bonchev–Trinajstić information content (AvgIpc) is 4.01. The summed E-state index contributed by atoms with van der Waals surface area (Å²) in [7, 11) is 0. The first kappa shape index (κ1) is 47.3. The van der Waals surface area contributed by atoms with Crippen LogP contribution in [0.4, 0.5) is 22.7 Å². The van der Waals surface area contributed by atoms with Gasteiger partial charge in [0.15, 0.2) is 0 Å². The number of ether oxygens (including phenoxy) is 1. The summed E-state index contributed by atoms with van der Waals surface area (Å²) < 4.78 is 9.30. The molecule has 0 bridgehead atoms. The van der Waals surface area contributed by atoms with Crippen LogP contribution in [0.25, 0.3) is 49.9 Å². The molecule has 2 aromatic heterocycles. The van der Waals surface area contributed by atoms with Crippen molar-refractivity contribution in [2.75, 3.05) is 16.5 Å². The van der Waals surface area contributed by atoms with E-state index in [-0.39, 0.29) is 16.2 Å². The van der Waals surface area contributed by atoms with Gasteiger partial charge >= 0.3 is 0 Å². The van der Waals surface area contributed by atoms with Gasteiger partial charge in [0.2, 0.25) is 0 Å². The summed E-state index contributed by atoms with van der Waals surface area (Å²) in [6.07, 6.45) is 1.95. The molecule has 0 amide bonds. The Morgan fingerprint density at radius 1 is 0.400 bits per heavy atom. The average molecular weight is 975 g/mol. The van der Waals surface area contributed by atoms with E-state index in [9.17, 15) is 0 Å². The third kappa shape index (κ3) is 8.72. The maximum absolute atomic E-state index is 6.98. The molecular formula is C70H62N4O. The topological polar surface area (TPSA) is 33.5 Å². The largest absolute Gasteiger partial charge is 0.457 e. The van der Waals surface area contributed by atoms with Gasteiger partial charge in [0.25, 0.3) is 0 Å². The predicted molar refractivity (Wildman–Crippen MR) is 314 cm³/mol. The third-order valence-electron chi connectivity index (χ3n) is 15.7. The Labute approximate surface area is 442 Å². The van der Waals surface area contributed by atoms with Crippen molar-refractivity contribution in [3.8, 4) is 39.6 Å². The highest BCUT2D eigenvalue weighted by Gasteiger charge is 2.33. The molecule has 0 fully saturated rings. The lowest BCUT2D eigenvalue weighted by Crippen LogP contribution is -2.24. The lowest BCUT2D eigenvalue weighted by atomic mass is 9.78. The molecule has 5 heteroatoms. The maximum Gasteiger partial charge on any atom is 0.137 e. The predicted octanol–water partition coefficient (Wildman–Crippen LogP) is 18.5. The number of hydrogen-bond donors (Lipinski definition) is 0. The van der Waals surface area contributed by atoms with Gasteiger partial charge in [-0.15, -0.1) is 0 Å². The number of fused-ring (bicyclic) bond motifs is 4. The van der Waals surface area contributed by atoms with Crippen LogP contribution in [0.15, 0.2) is 237 Å². The minimum atomic E-state index is -0.249. The van der Waals surface area contributed by atoms with Crippen molar-refractivity contribution in [3.05, 3.63) is 265 Å². The zero-order valence-electron chi connectivity index (χ0n) is 43.9. The summed E-state index contributed by atoms with van der Waals surface area (Å²) in [6.45, 7) is 16.7. The highest BCUT2D eigenvalue weighted by atomic mass is 16.5. The van der Waals surface area contributed by atoms with Crippen molar-refractivity contribution >= 4 is 44.6 Å². The Morgan fingerprint density at radius 2 is 1.03 bits per heavy atom. The van der Waals surface area contributed by atoms with Crippen LogP contribution >= 0.6 is 0 Å². The number of rotatable bonds is 11. The van der Waals surface area contributed by atoms with Crippen LogP contribution in [-0.2, 0) is 16.2 Å². The van der Waals surface area contributed by atoms with E-state index >= 15 is 0 Å². The molecule has 0 N–H and O–H groups in total. The first-order chi connectivity index (χ1) is 36.3. The van der Waals surface area contributed by atoms with Crippen LogP contribution in [0.1, 0.15) is 76.3 Å². The molecule has 0 saturated carbocycles. The minimum absolute atomic E-state index is 0.0637. The maximum atomic E-state index is 6.98. The minimum Gasteiger partial charge on any atom is -0.457 e. The summed E-state index contributed by atoms with van der Waals surface area (Å²) in [5.41, 5.74) is 17.2. The van der Waals surface area contributed by atoms with E-state index in [2.05, 4.69) is 293 Å². The number of hydrogen-bond acceptors (Lipinski definition) is 4. The fourth-order valence-corrected chi connectivity index (χ4v) is 11.1. The molecule has 1 aliphatic heterocycles. The summed E-state index contributed by atoms with van der Waals surface area (Å²) in [4.78, 5) is 10.0. The Balaban J connectivity index is 0.955. The Morgan fingerprint density at radius 3 is 1.71 bits per heavy atom. The molecule has 368 valence electrons. The molecule has 75 heavy (non-hydrogen) atoms. The summed E-state index contributed by atoms with van der Waals surface area (Å²) in [6, 6.07) is 83.3. The molecule has 0 saturated heterocycles. The monoisotopic (exact) mass is 974 g/mol. The summed E-state index contributed by atoms with van der Waals surface area (Å²) >= 11 is 0. The number of nitrogens with zero attached hydrogens (tertiary/aromatic N) is 4. The summed E-state index contributed by atoms with van der Waals surface area (Å²) in [5, 5.41) is 2.31. The van der Waals surface area contributed by atoms with E-state index in [0.717, 1.165) is 50.8 Å². The van der Waals surface area contributed by atoms with Crippen molar-refractivity contribution in [1.29, 1.82) is 0 Å². The van der Waals surface area contributed by atoms with Crippen molar-refractivity contribution in [3.63, 3.8) is 0 Å². The van der Waals surface area contributed by atoms with Crippen LogP contribution in [0, 0.1) is 0 Å². The highest BCUT2D eigenvalue weighted by molar-refractivity contribution is 6.10. The van der Waals surface area contributed by atoms with Gasteiger partial charge in [-0.2, -0.15) is 0 Å². The van der Waals surface area contributed by atoms with Crippen LogP contribution in [0.5, 0.6) is 11.5 Å². The molecule has 12 rings (SSSR count). The van der Waals surface area contributed by atoms with Gasteiger partial charge in [-0.3, -0.25) is 4.57 Å². The molecule has 0 unspecified atom stereocenters. The highest BCUT2D eigenvalue weighted by Crippen LogP contribution is 2.51. The van der Waals surface area contributed by atoms with E-state index < -0.39 is 0 Å².